The Morgan fingerprint density at radius 1 is 1.00 bits per heavy atom. The molecule has 0 radical (unpaired) electrons. The number of nitrogens with one attached hydrogen (secondary N) is 2. The summed E-state index contributed by atoms with van der Waals surface area (Å²) in [7, 11) is 0. The van der Waals surface area contributed by atoms with Crippen molar-refractivity contribution in [1.82, 2.24) is 10.3 Å². The third-order valence-electron chi connectivity index (χ3n) is 4.14. The van der Waals surface area contributed by atoms with Crippen LogP contribution in [0.2, 0.25) is 0 Å². The molecule has 1 amide bonds. The molecule has 0 aliphatic heterocycles. The molecule has 118 valence electrons. The van der Waals surface area contributed by atoms with Crippen LogP contribution < -0.4 is 5.32 Å². The molecule has 0 bridgehead atoms. The number of rotatable bonds is 6. The van der Waals surface area contributed by atoms with Crippen molar-refractivity contribution in [2.75, 3.05) is 6.54 Å². The topological polar surface area (TPSA) is 44.9 Å². The first-order valence-electron chi connectivity index (χ1n) is 8.15. The molecule has 0 aliphatic rings. The lowest BCUT2D eigenvalue weighted by molar-refractivity contribution is 0.0954. The number of carbonyl (C=O) groups excluding carboxylic acids is 1. The van der Waals surface area contributed by atoms with Crippen LogP contribution >= 0.6 is 0 Å². The Labute approximate surface area is 136 Å². The predicted molar refractivity (Wildman–Crippen MR) is 94.7 cm³/mol. The highest BCUT2D eigenvalue weighted by molar-refractivity contribution is 6.08. The summed E-state index contributed by atoms with van der Waals surface area (Å²) in [5.74, 6) is 0.0136. The Morgan fingerprint density at radius 3 is 2.57 bits per heavy atom. The summed E-state index contributed by atoms with van der Waals surface area (Å²) in [5.41, 5.74) is 4.06. The van der Waals surface area contributed by atoms with Gasteiger partial charge in [-0.05, 0) is 37.8 Å². The van der Waals surface area contributed by atoms with E-state index in [1.807, 2.05) is 37.3 Å². The van der Waals surface area contributed by atoms with Crippen LogP contribution in [0, 0.1) is 6.92 Å². The SMILES string of the molecule is Cc1[nH]c2ccccc2c1C(=O)NCCCCc1ccccc1. The summed E-state index contributed by atoms with van der Waals surface area (Å²) in [6, 6.07) is 18.4. The smallest absolute Gasteiger partial charge is 0.253 e. The van der Waals surface area contributed by atoms with E-state index in [4.69, 9.17) is 0 Å². The van der Waals surface area contributed by atoms with Gasteiger partial charge in [-0.3, -0.25) is 4.79 Å². The third kappa shape index (κ3) is 3.62. The third-order valence-corrected chi connectivity index (χ3v) is 4.14. The number of H-pyrrole nitrogens is 1. The Bertz CT molecular complexity index is 790. The van der Waals surface area contributed by atoms with Crippen molar-refractivity contribution in [2.24, 2.45) is 0 Å². The monoisotopic (exact) mass is 306 g/mol. The lowest BCUT2D eigenvalue weighted by atomic mass is 10.1. The second kappa shape index (κ2) is 7.14. The summed E-state index contributed by atoms with van der Waals surface area (Å²) in [5, 5.41) is 4.04. The molecule has 1 heterocycles. The van der Waals surface area contributed by atoms with Crippen molar-refractivity contribution in [3.05, 3.63) is 71.4 Å². The van der Waals surface area contributed by atoms with Crippen LogP contribution in [0.1, 0.15) is 34.5 Å². The number of aromatic amines is 1. The van der Waals surface area contributed by atoms with E-state index in [1.54, 1.807) is 0 Å². The molecule has 0 saturated carbocycles. The summed E-state index contributed by atoms with van der Waals surface area (Å²) in [6.07, 6.45) is 3.13. The van der Waals surface area contributed by atoms with Gasteiger partial charge < -0.3 is 10.3 Å². The van der Waals surface area contributed by atoms with Crippen molar-refractivity contribution in [1.29, 1.82) is 0 Å². The van der Waals surface area contributed by atoms with Crippen LogP contribution in [0.15, 0.2) is 54.6 Å². The van der Waals surface area contributed by atoms with Gasteiger partial charge in [0.05, 0.1) is 5.56 Å². The molecule has 0 saturated heterocycles. The number of amides is 1. The fraction of sp³-hybridized carbons (Fsp3) is 0.250. The Kier molecular flexibility index (Phi) is 4.77. The number of carbonyl (C=O) groups is 1. The number of benzene rings is 2. The van der Waals surface area contributed by atoms with E-state index in [0.29, 0.717) is 6.54 Å². The number of para-hydroxylation sites is 1. The highest BCUT2D eigenvalue weighted by atomic mass is 16.1. The molecular weight excluding hydrogens is 284 g/mol. The highest BCUT2D eigenvalue weighted by Crippen LogP contribution is 2.21. The van der Waals surface area contributed by atoms with Crippen molar-refractivity contribution in [3.8, 4) is 0 Å². The zero-order valence-electron chi connectivity index (χ0n) is 13.4. The zero-order chi connectivity index (χ0) is 16.1. The molecule has 0 aliphatic carbocycles. The van der Waals surface area contributed by atoms with Crippen LogP contribution in [0.3, 0.4) is 0 Å². The first kappa shape index (κ1) is 15.3. The summed E-state index contributed by atoms with van der Waals surface area (Å²) < 4.78 is 0. The van der Waals surface area contributed by atoms with Gasteiger partial charge in [0.25, 0.3) is 5.91 Å². The molecule has 1 aromatic heterocycles. The van der Waals surface area contributed by atoms with Crippen LogP contribution in [0.5, 0.6) is 0 Å². The van der Waals surface area contributed by atoms with Crippen molar-refractivity contribution in [3.63, 3.8) is 0 Å². The summed E-state index contributed by atoms with van der Waals surface area (Å²) in [6.45, 7) is 2.66. The molecular formula is C20H22N2O. The molecule has 3 aromatic rings. The lowest BCUT2D eigenvalue weighted by Crippen LogP contribution is -2.25. The average molecular weight is 306 g/mol. The van der Waals surface area contributed by atoms with Gasteiger partial charge in [0, 0.05) is 23.1 Å². The molecule has 23 heavy (non-hydrogen) atoms. The van der Waals surface area contributed by atoms with Gasteiger partial charge in [-0.15, -0.1) is 0 Å². The number of hydrogen-bond acceptors (Lipinski definition) is 1. The van der Waals surface area contributed by atoms with E-state index in [2.05, 4.69) is 34.6 Å². The van der Waals surface area contributed by atoms with Crippen LogP contribution in [0.4, 0.5) is 0 Å². The molecule has 0 spiro atoms. The largest absolute Gasteiger partial charge is 0.358 e. The molecule has 0 fully saturated rings. The first-order chi connectivity index (χ1) is 11.3. The van der Waals surface area contributed by atoms with Crippen molar-refractivity contribution >= 4 is 16.8 Å². The Balaban J connectivity index is 1.52. The van der Waals surface area contributed by atoms with Gasteiger partial charge in [-0.2, -0.15) is 0 Å². The molecule has 3 heteroatoms. The van der Waals surface area contributed by atoms with E-state index >= 15 is 0 Å². The second-order valence-corrected chi connectivity index (χ2v) is 5.87. The average Bonchev–Trinajstić information content (AvgIpc) is 2.91. The number of fused-ring (bicyclic) bond motifs is 1. The maximum atomic E-state index is 12.4. The number of aromatic nitrogens is 1. The fourth-order valence-corrected chi connectivity index (χ4v) is 2.96. The van der Waals surface area contributed by atoms with Crippen LogP contribution in [-0.4, -0.2) is 17.4 Å². The van der Waals surface area contributed by atoms with Gasteiger partial charge >= 0.3 is 0 Å². The summed E-state index contributed by atoms with van der Waals surface area (Å²) >= 11 is 0. The minimum absolute atomic E-state index is 0.0136. The standard InChI is InChI=1S/C20H22N2O/c1-15-19(17-12-5-6-13-18(17)22-15)20(23)21-14-8-7-11-16-9-3-2-4-10-16/h2-6,9-10,12-13,22H,7-8,11,14H2,1H3,(H,21,23). The number of unbranched alkanes of at least 4 members (excludes halogenated alkanes) is 1. The minimum atomic E-state index is 0.0136. The van der Waals surface area contributed by atoms with E-state index in [1.165, 1.54) is 5.56 Å². The number of hydrogen-bond donors (Lipinski definition) is 2. The molecule has 0 unspecified atom stereocenters. The number of aryl methyl sites for hydroxylation is 2. The lowest BCUT2D eigenvalue weighted by Gasteiger charge is -2.06. The predicted octanol–water partition coefficient (Wildman–Crippen LogP) is 4.23. The van der Waals surface area contributed by atoms with E-state index < -0.39 is 0 Å². The van der Waals surface area contributed by atoms with Crippen molar-refractivity contribution in [2.45, 2.75) is 26.2 Å². The van der Waals surface area contributed by atoms with Crippen molar-refractivity contribution < 1.29 is 4.79 Å². The maximum absolute atomic E-state index is 12.4. The van der Waals surface area contributed by atoms with Crippen LogP contribution in [-0.2, 0) is 6.42 Å². The maximum Gasteiger partial charge on any atom is 0.253 e. The van der Waals surface area contributed by atoms with Gasteiger partial charge in [0.15, 0.2) is 0 Å². The van der Waals surface area contributed by atoms with Gasteiger partial charge in [0.1, 0.15) is 0 Å². The van der Waals surface area contributed by atoms with Gasteiger partial charge in [-0.1, -0.05) is 48.5 Å². The fourth-order valence-electron chi connectivity index (χ4n) is 2.96. The quantitative estimate of drug-likeness (QED) is 0.658. The van der Waals surface area contributed by atoms with E-state index in [0.717, 1.165) is 41.4 Å². The Morgan fingerprint density at radius 2 is 1.74 bits per heavy atom. The highest BCUT2D eigenvalue weighted by Gasteiger charge is 2.14. The van der Waals surface area contributed by atoms with E-state index in [9.17, 15) is 4.79 Å². The zero-order valence-corrected chi connectivity index (χ0v) is 13.4. The second-order valence-electron chi connectivity index (χ2n) is 5.87. The molecule has 2 N–H and O–H groups in total. The first-order valence-corrected chi connectivity index (χ1v) is 8.15. The molecule has 0 atom stereocenters. The van der Waals surface area contributed by atoms with Gasteiger partial charge in [0.2, 0.25) is 0 Å². The normalized spacial score (nSPS) is 10.8. The molecule has 3 rings (SSSR count). The Hall–Kier alpha value is -2.55. The van der Waals surface area contributed by atoms with Crippen LogP contribution in [0.25, 0.3) is 10.9 Å². The van der Waals surface area contributed by atoms with Gasteiger partial charge in [-0.25, -0.2) is 0 Å². The summed E-state index contributed by atoms with van der Waals surface area (Å²) in [4.78, 5) is 15.7. The minimum Gasteiger partial charge on any atom is -0.358 e. The van der Waals surface area contributed by atoms with E-state index in [-0.39, 0.29) is 5.91 Å². The molecule has 3 nitrogen and oxygen atoms in total. The molecule has 2 aromatic carbocycles.